The van der Waals surface area contributed by atoms with Crippen molar-refractivity contribution in [2.24, 2.45) is 0 Å². The van der Waals surface area contributed by atoms with Gasteiger partial charge in [0.15, 0.2) is 11.6 Å². The van der Waals surface area contributed by atoms with E-state index >= 15 is 0 Å². The first kappa shape index (κ1) is 26.8. The van der Waals surface area contributed by atoms with Crippen LogP contribution in [-0.4, -0.2) is 24.1 Å². The highest BCUT2D eigenvalue weighted by Crippen LogP contribution is 2.35. The van der Waals surface area contributed by atoms with E-state index in [4.69, 9.17) is 4.74 Å². The van der Waals surface area contributed by atoms with Gasteiger partial charge < -0.3 is 4.74 Å². The summed E-state index contributed by atoms with van der Waals surface area (Å²) < 4.78 is 5.35. The predicted octanol–water partition coefficient (Wildman–Crippen LogP) is 7.33. The fourth-order valence-corrected chi connectivity index (χ4v) is 4.64. The lowest BCUT2D eigenvalue weighted by Crippen LogP contribution is -2.25. The molecule has 0 saturated heterocycles. The van der Waals surface area contributed by atoms with Gasteiger partial charge in [-0.2, -0.15) is 0 Å². The van der Waals surface area contributed by atoms with Crippen LogP contribution in [-0.2, 0) is 20.4 Å². The molecule has 0 spiro atoms. The van der Waals surface area contributed by atoms with E-state index in [1.54, 1.807) is 12.1 Å². The molecule has 0 saturated carbocycles. The molecule has 0 N–H and O–H groups in total. The highest BCUT2D eigenvalue weighted by Gasteiger charge is 2.32. The van der Waals surface area contributed by atoms with Crippen LogP contribution in [0.5, 0.6) is 0 Å². The van der Waals surface area contributed by atoms with Gasteiger partial charge in [0.1, 0.15) is 0 Å². The summed E-state index contributed by atoms with van der Waals surface area (Å²) in [5, 5.41) is 0. The van der Waals surface area contributed by atoms with Gasteiger partial charge in [0.05, 0.1) is 6.61 Å². The molecule has 0 bridgehead atoms. The maximum Gasteiger partial charge on any atom is 0.305 e. The maximum atomic E-state index is 13.5. The van der Waals surface area contributed by atoms with Gasteiger partial charge in [0.2, 0.25) is 0 Å². The van der Waals surface area contributed by atoms with Gasteiger partial charge in [-0.25, -0.2) is 0 Å². The Balaban J connectivity index is 1.70. The van der Waals surface area contributed by atoms with Crippen LogP contribution in [0.3, 0.4) is 0 Å². The van der Waals surface area contributed by atoms with Crippen molar-refractivity contribution in [2.75, 3.05) is 6.61 Å². The second-order valence-corrected chi connectivity index (χ2v) is 11.4. The molecule has 0 radical (unpaired) electrons. The zero-order valence-corrected chi connectivity index (χ0v) is 22.3. The highest BCUT2D eigenvalue weighted by atomic mass is 16.5. The van der Waals surface area contributed by atoms with E-state index in [-0.39, 0.29) is 28.4 Å². The second-order valence-electron chi connectivity index (χ2n) is 11.4. The summed E-state index contributed by atoms with van der Waals surface area (Å²) in [7, 11) is 0. The molecule has 0 heterocycles. The van der Waals surface area contributed by atoms with Crippen LogP contribution < -0.4 is 0 Å². The Morgan fingerprint density at radius 3 is 1.91 bits per heavy atom. The molecule has 4 nitrogen and oxygen atoms in total. The average Bonchev–Trinajstić information content (AvgIpc) is 2.81. The minimum atomic E-state index is -0.243. The number of hydrogen-bond donors (Lipinski definition) is 0. The first-order chi connectivity index (χ1) is 16.5. The molecule has 0 amide bonds. The Hall–Kier alpha value is -2.75. The summed E-state index contributed by atoms with van der Waals surface area (Å²) >= 11 is 0. The zero-order chi connectivity index (χ0) is 25.8. The SMILES string of the molecule is CCCCCCOC(=O)CCCC(C)(C)c1ccc2c(c1)C(=O)c1cc(C(C)(C)C)ccc1C2=O. The molecule has 0 aliphatic heterocycles. The van der Waals surface area contributed by atoms with Crippen LogP contribution in [0.25, 0.3) is 0 Å². The van der Waals surface area contributed by atoms with Crippen molar-refractivity contribution in [2.45, 2.75) is 97.3 Å². The fraction of sp³-hybridized carbons (Fsp3) is 0.516. The van der Waals surface area contributed by atoms with Crippen LogP contribution in [0.1, 0.15) is 129 Å². The number of ketones is 2. The Morgan fingerprint density at radius 1 is 0.743 bits per heavy atom. The summed E-state index contributed by atoms with van der Waals surface area (Å²) in [5.74, 6) is -0.333. The smallest absolute Gasteiger partial charge is 0.305 e. The molecule has 0 aromatic heterocycles. The molecule has 0 atom stereocenters. The number of fused-ring (bicyclic) bond motifs is 2. The summed E-state index contributed by atoms with van der Waals surface area (Å²) in [5.41, 5.74) is 3.60. The Labute approximate surface area is 210 Å². The topological polar surface area (TPSA) is 60.4 Å². The summed E-state index contributed by atoms with van der Waals surface area (Å²) in [6.07, 6.45) is 6.24. The quantitative estimate of drug-likeness (QED) is 0.227. The van der Waals surface area contributed by atoms with Gasteiger partial charge in [-0.3, -0.25) is 14.4 Å². The van der Waals surface area contributed by atoms with Crippen molar-refractivity contribution >= 4 is 17.5 Å². The molecule has 0 unspecified atom stereocenters. The molecular weight excluding hydrogens is 436 g/mol. The van der Waals surface area contributed by atoms with E-state index in [2.05, 4.69) is 41.5 Å². The lowest BCUT2D eigenvalue weighted by molar-refractivity contribution is -0.143. The molecule has 2 aromatic rings. The number of ether oxygens (including phenoxy) is 1. The number of esters is 1. The van der Waals surface area contributed by atoms with E-state index < -0.39 is 0 Å². The predicted molar refractivity (Wildman–Crippen MR) is 140 cm³/mol. The largest absolute Gasteiger partial charge is 0.466 e. The second kappa shape index (κ2) is 10.9. The van der Waals surface area contributed by atoms with Gasteiger partial charge in [-0.15, -0.1) is 0 Å². The summed E-state index contributed by atoms with van der Waals surface area (Å²) in [6.45, 7) is 13.2. The summed E-state index contributed by atoms with van der Waals surface area (Å²) in [6, 6.07) is 11.2. The normalized spacial score (nSPS) is 13.4. The van der Waals surface area contributed by atoms with Crippen molar-refractivity contribution in [3.63, 3.8) is 0 Å². The number of carbonyl (C=O) groups is 3. The minimum absolute atomic E-state index is 0.0926. The number of carbonyl (C=O) groups excluding carboxylic acids is 3. The number of benzene rings is 2. The molecule has 188 valence electrons. The molecule has 1 aliphatic carbocycles. The molecular formula is C31H40O4. The van der Waals surface area contributed by atoms with E-state index in [0.717, 1.165) is 36.8 Å². The fourth-order valence-electron chi connectivity index (χ4n) is 4.64. The van der Waals surface area contributed by atoms with E-state index in [1.807, 2.05) is 24.3 Å². The molecule has 0 fully saturated rings. The minimum Gasteiger partial charge on any atom is -0.466 e. The maximum absolute atomic E-state index is 13.5. The van der Waals surface area contributed by atoms with Crippen molar-refractivity contribution in [1.82, 2.24) is 0 Å². The van der Waals surface area contributed by atoms with Gasteiger partial charge in [0.25, 0.3) is 0 Å². The monoisotopic (exact) mass is 476 g/mol. The van der Waals surface area contributed by atoms with E-state index in [0.29, 0.717) is 41.7 Å². The lowest BCUT2D eigenvalue weighted by Gasteiger charge is -2.28. The van der Waals surface area contributed by atoms with Crippen LogP contribution in [0, 0.1) is 0 Å². The van der Waals surface area contributed by atoms with Crippen molar-refractivity contribution in [1.29, 1.82) is 0 Å². The highest BCUT2D eigenvalue weighted by molar-refractivity contribution is 6.28. The third kappa shape index (κ3) is 6.28. The van der Waals surface area contributed by atoms with Crippen LogP contribution in [0.2, 0.25) is 0 Å². The molecule has 35 heavy (non-hydrogen) atoms. The van der Waals surface area contributed by atoms with Crippen LogP contribution >= 0.6 is 0 Å². The lowest BCUT2D eigenvalue weighted by atomic mass is 9.75. The molecule has 2 aromatic carbocycles. The Morgan fingerprint density at radius 2 is 1.31 bits per heavy atom. The van der Waals surface area contributed by atoms with Gasteiger partial charge in [-0.05, 0) is 65.5 Å². The van der Waals surface area contributed by atoms with Crippen LogP contribution in [0.15, 0.2) is 36.4 Å². The Kier molecular flexibility index (Phi) is 8.35. The Bertz CT molecular complexity index is 1100. The molecule has 4 heteroatoms. The average molecular weight is 477 g/mol. The van der Waals surface area contributed by atoms with Crippen LogP contribution in [0.4, 0.5) is 0 Å². The third-order valence-corrected chi connectivity index (χ3v) is 7.11. The summed E-state index contributed by atoms with van der Waals surface area (Å²) in [4.78, 5) is 38.7. The molecule has 1 aliphatic rings. The number of rotatable bonds is 10. The van der Waals surface area contributed by atoms with E-state index in [9.17, 15) is 14.4 Å². The van der Waals surface area contributed by atoms with Gasteiger partial charge >= 0.3 is 5.97 Å². The van der Waals surface area contributed by atoms with Crippen molar-refractivity contribution in [3.8, 4) is 0 Å². The first-order valence-electron chi connectivity index (χ1n) is 13.0. The van der Waals surface area contributed by atoms with E-state index in [1.165, 1.54) is 6.42 Å². The zero-order valence-electron chi connectivity index (χ0n) is 22.3. The van der Waals surface area contributed by atoms with Crippen molar-refractivity contribution < 1.29 is 19.1 Å². The number of hydrogen-bond acceptors (Lipinski definition) is 4. The van der Waals surface area contributed by atoms with Gasteiger partial charge in [0, 0.05) is 28.7 Å². The standard InChI is InChI=1S/C31H40O4/c1-7-8-9-10-18-35-27(32)12-11-17-31(5,6)22-14-16-24-26(20-22)29(34)25-19-21(30(2,3)4)13-15-23(25)28(24)33/h13-16,19-20H,7-12,17-18H2,1-6H3. The molecule has 3 rings (SSSR count). The van der Waals surface area contributed by atoms with Crippen molar-refractivity contribution in [3.05, 3.63) is 69.8 Å². The number of unbranched alkanes of at least 4 members (excludes halogenated alkanes) is 3. The first-order valence-corrected chi connectivity index (χ1v) is 13.0. The van der Waals surface area contributed by atoms with Gasteiger partial charge in [-0.1, -0.05) is 72.9 Å². The third-order valence-electron chi connectivity index (χ3n) is 7.11.